The first-order chi connectivity index (χ1) is 9.82. The van der Waals surface area contributed by atoms with Crippen LogP contribution in [0.4, 0.5) is 0 Å². The van der Waals surface area contributed by atoms with Crippen molar-refractivity contribution >= 4 is 23.5 Å². The fourth-order valence-electron chi connectivity index (χ4n) is 2.58. The van der Waals surface area contributed by atoms with E-state index in [1.165, 1.54) is 0 Å². The third-order valence-corrected chi connectivity index (χ3v) is 4.75. The molecule has 0 bridgehead atoms. The number of carboxylic acid groups (broad SMARTS) is 1. The van der Waals surface area contributed by atoms with Gasteiger partial charge in [-0.2, -0.15) is 0 Å². The molecule has 1 amide bonds. The topological polar surface area (TPSA) is 57.6 Å². The average molecular weight is 310 g/mol. The summed E-state index contributed by atoms with van der Waals surface area (Å²) >= 11 is 5.88. The molecule has 1 aliphatic rings. The van der Waals surface area contributed by atoms with Gasteiger partial charge >= 0.3 is 5.97 Å². The molecule has 4 nitrogen and oxygen atoms in total. The van der Waals surface area contributed by atoms with Gasteiger partial charge in [0, 0.05) is 24.0 Å². The molecular weight excluding hydrogens is 290 g/mol. The molecule has 0 aromatic heterocycles. The largest absolute Gasteiger partial charge is 0.481 e. The quantitative estimate of drug-likeness (QED) is 0.909. The van der Waals surface area contributed by atoms with E-state index in [0.29, 0.717) is 11.4 Å². The van der Waals surface area contributed by atoms with Crippen LogP contribution in [0, 0.1) is 11.8 Å². The normalized spacial score (nSPS) is 23.2. The monoisotopic (exact) mass is 309 g/mol. The van der Waals surface area contributed by atoms with Gasteiger partial charge < -0.3 is 10.0 Å². The van der Waals surface area contributed by atoms with Crippen LogP contribution in [0.2, 0.25) is 5.02 Å². The van der Waals surface area contributed by atoms with Crippen LogP contribution in [-0.4, -0.2) is 35.0 Å². The summed E-state index contributed by atoms with van der Waals surface area (Å²) in [6.45, 7) is 4.04. The summed E-state index contributed by atoms with van der Waals surface area (Å²) in [6, 6.07) is 7.58. The van der Waals surface area contributed by atoms with Crippen molar-refractivity contribution in [2.24, 2.45) is 11.8 Å². The van der Waals surface area contributed by atoms with E-state index in [4.69, 9.17) is 16.7 Å². The number of aliphatic carboxylic acids is 1. The Kier molecular flexibility index (Phi) is 4.57. The highest BCUT2D eigenvalue weighted by Crippen LogP contribution is 2.40. The van der Waals surface area contributed by atoms with Gasteiger partial charge in [-0.15, -0.1) is 0 Å². The number of rotatable bonds is 5. The lowest BCUT2D eigenvalue weighted by Gasteiger charge is -2.30. The predicted molar refractivity (Wildman–Crippen MR) is 81.3 cm³/mol. The van der Waals surface area contributed by atoms with Crippen LogP contribution >= 0.6 is 11.6 Å². The Morgan fingerprint density at radius 2 is 1.81 bits per heavy atom. The van der Waals surface area contributed by atoms with Crippen LogP contribution < -0.4 is 0 Å². The van der Waals surface area contributed by atoms with Crippen molar-refractivity contribution in [2.75, 3.05) is 7.05 Å². The van der Waals surface area contributed by atoms with E-state index in [1.807, 2.05) is 31.2 Å². The smallest absolute Gasteiger partial charge is 0.307 e. The molecule has 0 aliphatic heterocycles. The van der Waals surface area contributed by atoms with Crippen molar-refractivity contribution in [3.63, 3.8) is 0 Å². The van der Waals surface area contributed by atoms with E-state index in [-0.39, 0.29) is 23.8 Å². The van der Waals surface area contributed by atoms with Crippen molar-refractivity contribution < 1.29 is 14.7 Å². The Labute approximate surface area is 129 Å². The van der Waals surface area contributed by atoms with Gasteiger partial charge in [-0.25, -0.2) is 0 Å². The average Bonchev–Trinajstić information content (AvgIpc) is 3.25. The summed E-state index contributed by atoms with van der Waals surface area (Å²) in [5.41, 5.74) is 1.11. The van der Waals surface area contributed by atoms with Gasteiger partial charge in [-0.3, -0.25) is 9.59 Å². The van der Waals surface area contributed by atoms with Gasteiger partial charge in [-0.05, 0) is 31.0 Å². The maximum atomic E-state index is 12.3. The molecule has 2 rings (SSSR count). The molecule has 1 N–H and O–H groups in total. The molecule has 0 saturated heterocycles. The number of benzene rings is 1. The molecule has 1 saturated carbocycles. The fourth-order valence-corrected chi connectivity index (χ4v) is 2.71. The van der Waals surface area contributed by atoms with Crippen LogP contribution in [0.5, 0.6) is 0 Å². The van der Waals surface area contributed by atoms with Crippen LogP contribution in [-0.2, 0) is 9.59 Å². The Balaban J connectivity index is 2.01. The summed E-state index contributed by atoms with van der Waals surface area (Å²) in [6.07, 6.45) is 0.459. The van der Waals surface area contributed by atoms with Crippen LogP contribution in [0.3, 0.4) is 0 Å². The van der Waals surface area contributed by atoms with Crippen LogP contribution in [0.1, 0.15) is 31.7 Å². The minimum absolute atomic E-state index is 0.00581. The Bertz CT molecular complexity index is 543. The number of halogens is 1. The highest BCUT2D eigenvalue weighted by molar-refractivity contribution is 6.30. The van der Waals surface area contributed by atoms with E-state index in [1.54, 1.807) is 11.9 Å². The molecule has 1 fully saturated rings. The number of hydrogen-bond acceptors (Lipinski definition) is 2. The number of carbonyl (C=O) groups is 2. The lowest BCUT2D eigenvalue weighted by molar-refractivity contribution is -0.142. The van der Waals surface area contributed by atoms with Gasteiger partial charge in [0.2, 0.25) is 5.91 Å². The maximum absolute atomic E-state index is 12.3. The third-order valence-electron chi connectivity index (χ3n) is 4.50. The Morgan fingerprint density at radius 3 is 2.29 bits per heavy atom. The lowest BCUT2D eigenvalue weighted by atomic mass is 9.93. The summed E-state index contributed by atoms with van der Waals surface area (Å²) < 4.78 is 0. The minimum Gasteiger partial charge on any atom is -0.481 e. The zero-order valence-electron chi connectivity index (χ0n) is 12.4. The number of likely N-dealkylation sites (N-methyl/N-ethyl adjacent to an activating group) is 1. The molecule has 0 heterocycles. The minimum atomic E-state index is -0.875. The second-order valence-electron chi connectivity index (χ2n) is 5.82. The lowest BCUT2D eigenvalue weighted by Crippen LogP contribution is -2.39. The van der Waals surface area contributed by atoms with E-state index < -0.39 is 11.9 Å². The molecule has 1 aliphatic carbocycles. The molecular formula is C16H20ClNO3. The first-order valence-electron chi connectivity index (χ1n) is 7.08. The highest BCUT2D eigenvalue weighted by Gasteiger charge is 2.50. The number of carboxylic acids is 1. The van der Waals surface area contributed by atoms with E-state index in [2.05, 4.69) is 6.92 Å². The van der Waals surface area contributed by atoms with E-state index in [9.17, 15) is 9.59 Å². The standard InChI is InChI=1S/C16H20ClNO3/c1-9(11-4-6-12(17)7-5-11)10(2)18(3)15(19)13-8-14(13)16(20)21/h4-7,9-10,13-14H,8H2,1-3H3,(H,20,21). The van der Waals surface area contributed by atoms with Crippen LogP contribution in [0.25, 0.3) is 0 Å². The van der Waals surface area contributed by atoms with Gasteiger partial charge in [0.1, 0.15) is 0 Å². The van der Waals surface area contributed by atoms with Crippen molar-refractivity contribution in [1.29, 1.82) is 0 Å². The van der Waals surface area contributed by atoms with Gasteiger partial charge in [-0.1, -0.05) is 30.7 Å². The molecule has 4 unspecified atom stereocenters. The van der Waals surface area contributed by atoms with Crippen molar-refractivity contribution in [3.05, 3.63) is 34.9 Å². The summed E-state index contributed by atoms with van der Waals surface area (Å²) in [4.78, 5) is 24.8. The molecule has 0 spiro atoms. The van der Waals surface area contributed by atoms with Crippen molar-refractivity contribution in [1.82, 2.24) is 4.90 Å². The van der Waals surface area contributed by atoms with E-state index >= 15 is 0 Å². The second-order valence-corrected chi connectivity index (χ2v) is 6.25. The number of hydrogen-bond donors (Lipinski definition) is 1. The number of amides is 1. The van der Waals surface area contributed by atoms with Crippen molar-refractivity contribution in [3.8, 4) is 0 Å². The van der Waals surface area contributed by atoms with Gasteiger partial charge in [0.15, 0.2) is 0 Å². The molecule has 114 valence electrons. The number of carbonyl (C=O) groups excluding carboxylic acids is 1. The molecule has 21 heavy (non-hydrogen) atoms. The first kappa shape index (κ1) is 15.8. The van der Waals surface area contributed by atoms with Gasteiger partial charge in [0.05, 0.1) is 11.8 Å². The summed E-state index contributed by atoms with van der Waals surface area (Å²) in [7, 11) is 1.75. The van der Waals surface area contributed by atoms with Gasteiger partial charge in [0.25, 0.3) is 0 Å². The van der Waals surface area contributed by atoms with Crippen LogP contribution in [0.15, 0.2) is 24.3 Å². The van der Waals surface area contributed by atoms with Crippen molar-refractivity contribution in [2.45, 2.75) is 32.2 Å². The highest BCUT2D eigenvalue weighted by atomic mass is 35.5. The SMILES string of the molecule is CC(c1ccc(Cl)cc1)C(C)N(C)C(=O)C1CC1C(=O)O. The Hall–Kier alpha value is -1.55. The molecule has 1 aromatic carbocycles. The van der Waals surface area contributed by atoms with E-state index in [0.717, 1.165) is 5.56 Å². The first-order valence-corrected chi connectivity index (χ1v) is 7.45. The fraction of sp³-hybridized carbons (Fsp3) is 0.500. The zero-order valence-corrected chi connectivity index (χ0v) is 13.2. The molecule has 1 aromatic rings. The molecule has 4 atom stereocenters. The maximum Gasteiger partial charge on any atom is 0.307 e. The second kappa shape index (κ2) is 6.06. The summed E-state index contributed by atoms with van der Waals surface area (Å²) in [5, 5.41) is 9.61. The Morgan fingerprint density at radius 1 is 1.24 bits per heavy atom. The molecule has 5 heteroatoms. The zero-order chi connectivity index (χ0) is 15.7. The number of nitrogens with zero attached hydrogens (tertiary/aromatic N) is 1. The molecule has 0 radical (unpaired) electrons. The predicted octanol–water partition coefficient (Wildman–Crippen LogP) is 3.01. The summed E-state index contributed by atoms with van der Waals surface area (Å²) in [5.74, 6) is -1.65. The third kappa shape index (κ3) is 3.38.